The van der Waals surface area contributed by atoms with E-state index in [1.807, 2.05) is 0 Å². The number of sulfonamides is 2. The normalized spacial score (nSPS) is 13.9. The van der Waals surface area contributed by atoms with Gasteiger partial charge in [-0.3, -0.25) is 9.10 Å². The van der Waals surface area contributed by atoms with Crippen LogP contribution in [-0.2, 0) is 42.4 Å². The number of ether oxygens (including phenoxy) is 1. The number of thiophene rings is 1. The predicted molar refractivity (Wildman–Crippen MR) is 135 cm³/mol. The van der Waals surface area contributed by atoms with Crippen LogP contribution in [0, 0.1) is 0 Å². The summed E-state index contributed by atoms with van der Waals surface area (Å²) in [6, 6.07) is 5.23. The highest BCUT2D eigenvalue weighted by atomic mass is 32.2. The summed E-state index contributed by atoms with van der Waals surface area (Å²) in [4.78, 5) is 26.6. The molecule has 10 nitrogen and oxygen atoms in total. The first-order valence-electron chi connectivity index (χ1n) is 11.0. The summed E-state index contributed by atoms with van der Waals surface area (Å²) >= 11 is 1.31. The van der Waals surface area contributed by atoms with Gasteiger partial charge in [-0.15, -0.1) is 11.3 Å². The van der Waals surface area contributed by atoms with Crippen LogP contribution < -0.4 is 9.62 Å². The Balaban J connectivity index is 1.87. The number of nitrogens with one attached hydrogen (secondary N) is 1. The lowest BCUT2D eigenvalue weighted by molar-refractivity contribution is -0.114. The summed E-state index contributed by atoms with van der Waals surface area (Å²) in [5.41, 5.74) is 1.35. The van der Waals surface area contributed by atoms with Crippen molar-refractivity contribution in [2.75, 3.05) is 43.1 Å². The molecule has 3 rings (SSSR count). The molecular formula is C22H29N3O7S3. The van der Waals surface area contributed by atoms with E-state index in [-0.39, 0.29) is 17.2 Å². The summed E-state index contributed by atoms with van der Waals surface area (Å²) in [5.74, 6) is -1.15. The number of fused-ring (bicyclic) bond motifs is 1. The molecule has 13 heteroatoms. The van der Waals surface area contributed by atoms with E-state index in [9.17, 15) is 26.4 Å². The van der Waals surface area contributed by atoms with Gasteiger partial charge in [-0.2, -0.15) is 0 Å². The minimum absolute atomic E-state index is 0.00704. The van der Waals surface area contributed by atoms with Gasteiger partial charge in [0.25, 0.3) is 0 Å². The van der Waals surface area contributed by atoms with Crippen LogP contribution in [0.15, 0.2) is 29.2 Å². The Hall–Kier alpha value is -2.48. The van der Waals surface area contributed by atoms with Crippen molar-refractivity contribution >= 4 is 53.9 Å². The molecule has 0 bridgehead atoms. The monoisotopic (exact) mass is 543 g/mol. The van der Waals surface area contributed by atoms with E-state index in [0.717, 1.165) is 44.6 Å². The van der Waals surface area contributed by atoms with Gasteiger partial charge in [0.15, 0.2) is 0 Å². The first-order valence-corrected chi connectivity index (χ1v) is 15.1. The van der Waals surface area contributed by atoms with Gasteiger partial charge < -0.3 is 10.1 Å². The molecular weight excluding hydrogens is 514 g/mol. The van der Waals surface area contributed by atoms with Gasteiger partial charge in [0.1, 0.15) is 11.5 Å². The minimum atomic E-state index is -3.88. The van der Waals surface area contributed by atoms with Crippen LogP contribution in [0.2, 0.25) is 0 Å². The number of carbonyl (C=O) groups excluding carboxylic acids is 2. The third-order valence-corrected chi connectivity index (χ3v) is 9.67. The van der Waals surface area contributed by atoms with Gasteiger partial charge in [-0.1, -0.05) is 0 Å². The largest absolute Gasteiger partial charge is 0.462 e. The maximum atomic E-state index is 12.9. The van der Waals surface area contributed by atoms with Gasteiger partial charge in [0.2, 0.25) is 26.0 Å². The predicted octanol–water partition coefficient (Wildman–Crippen LogP) is 2.46. The van der Waals surface area contributed by atoms with Crippen molar-refractivity contribution in [3.05, 3.63) is 40.3 Å². The van der Waals surface area contributed by atoms with Crippen LogP contribution in [0.3, 0.4) is 0 Å². The number of esters is 1. The smallest absolute Gasteiger partial charge is 0.341 e. The quantitative estimate of drug-likeness (QED) is 0.481. The van der Waals surface area contributed by atoms with E-state index >= 15 is 0 Å². The second kappa shape index (κ2) is 10.6. The van der Waals surface area contributed by atoms with E-state index in [1.165, 1.54) is 49.7 Å². The van der Waals surface area contributed by atoms with Crippen LogP contribution in [-0.4, -0.2) is 66.5 Å². The summed E-state index contributed by atoms with van der Waals surface area (Å²) < 4.78 is 56.7. The lowest BCUT2D eigenvalue weighted by atomic mass is 9.95. The SMILES string of the molecule is CCOC(=O)c1c(NC(=O)CN(c2ccc(S(=O)(=O)N(C)C)cc2)S(C)(=O)=O)sc2c1CCCC2. The number of carbonyl (C=O) groups is 2. The number of rotatable bonds is 9. The molecule has 0 unspecified atom stereocenters. The van der Waals surface area contributed by atoms with E-state index < -0.39 is 38.5 Å². The molecule has 0 saturated heterocycles. The lowest BCUT2D eigenvalue weighted by Gasteiger charge is -2.22. The molecule has 1 aliphatic rings. The second-order valence-electron chi connectivity index (χ2n) is 8.23. The number of amides is 1. The molecule has 0 spiro atoms. The lowest BCUT2D eigenvalue weighted by Crippen LogP contribution is -2.37. The third-order valence-electron chi connectivity index (χ3n) is 5.49. The molecule has 1 aromatic carbocycles. The maximum Gasteiger partial charge on any atom is 0.341 e. The molecule has 35 heavy (non-hydrogen) atoms. The van der Waals surface area contributed by atoms with Crippen molar-refractivity contribution < 1.29 is 31.2 Å². The molecule has 0 saturated carbocycles. The molecule has 1 aliphatic carbocycles. The number of anilines is 2. The van der Waals surface area contributed by atoms with Crippen LogP contribution in [0.4, 0.5) is 10.7 Å². The Kier molecular flexibility index (Phi) is 8.25. The van der Waals surface area contributed by atoms with Crippen LogP contribution in [0.1, 0.15) is 40.6 Å². The first kappa shape index (κ1) is 27.1. The van der Waals surface area contributed by atoms with Crippen LogP contribution >= 0.6 is 11.3 Å². The molecule has 0 atom stereocenters. The van der Waals surface area contributed by atoms with E-state index in [0.29, 0.717) is 17.0 Å². The highest BCUT2D eigenvalue weighted by molar-refractivity contribution is 7.92. The van der Waals surface area contributed by atoms with E-state index in [1.54, 1.807) is 6.92 Å². The fourth-order valence-corrected chi connectivity index (χ4v) is 6.82. The van der Waals surface area contributed by atoms with Crippen molar-refractivity contribution in [1.29, 1.82) is 0 Å². The number of nitrogens with zero attached hydrogens (tertiary/aromatic N) is 2. The molecule has 0 aliphatic heterocycles. The maximum absolute atomic E-state index is 12.9. The Labute approximate surface area is 210 Å². The zero-order chi connectivity index (χ0) is 26.0. The highest BCUT2D eigenvalue weighted by Crippen LogP contribution is 2.38. The summed E-state index contributed by atoms with van der Waals surface area (Å²) in [5, 5.41) is 3.05. The number of hydrogen-bond donors (Lipinski definition) is 1. The fourth-order valence-electron chi connectivity index (χ4n) is 3.76. The Morgan fingerprint density at radius 2 is 1.69 bits per heavy atom. The average Bonchev–Trinajstić information content (AvgIpc) is 3.14. The highest BCUT2D eigenvalue weighted by Gasteiger charge is 2.29. The van der Waals surface area contributed by atoms with Gasteiger partial charge in [0.05, 0.1) is 29.0 Å². The number of benzene rings is 1. The zero-order valence-electron chi connectivity index (χ0n) is 20.0. The van der Waals surface area contributed by atoms with Crippen LogP contribution in [0.5, 0.6) is 0 Å². The van der Waals surface area contributed by atoms with Crippen molar-refractivity contribution in [1.82, 2.24) is 4.31 Å². The molecule has 192 valence electrons. The van der Waals surface area contributed by atoms with Crippen molar-refractivity contribution in [2.24, 2.45) is 0 Å². The summed E-state index contributed by atoms with van der Waals surface area (Å²) in [6.07, 6.45) is 4.40. The second-order valence-corrected chi connectivity index (χ2v) is 13.4. The average molecular weight is 544 g/mol. The Morgan fingerprint density at radius 1 is 1.06 bits per heavy atom. The van der Waals surface area contributed by atoms with Gasteiger partial charge in [0, 0.05) is 19.0 Å². The number of hydrogen-bond acceptors (Lipinski definition) is 8. The molecule has 1 aromatic heterocycles. The van der Waals surface area contributed by atoms with Crippen molar-refractivity contribution in [3.8, 4) is 0 Å². The van der Waals surface area contributed by atoms with Gasteiger partial charge in [-0.05, 0) is 62.4 Å². The zero-order valence-corrected chi connectivity index (χ0v) is 22.5. The summed E-state index contributed by atoms with van der Waals surface area (Å²) in [6.45, 7) is 1.34. The van der Waals surface area contributed by atoms with E-state index in [4.69, 9.17) is 4.74 Å². The fraction of sp³-hybridized carbons (Fsp3) is 0.455. The number of aryl methyl sites for hydroxylation is 1. The molecule has 0 fully saturated rings. The standard InChI is InChI=1S/C22H29N3O7S3/c1-5-32-22(27)20-17-8-6-7-9-18(17)33-21(20)23-19(26)14-25(34(4,28)29)15-10-12-16(13-11-15)35(30,31)24(2)3/h10-13H,5-9,14H2,1-4H3,(H,23,26). The molecule has 1 heterocycles. The summed E-state index contributed by atoms with van der Waals surface area (Å²) in [7, 11) is -4.79. The van der Waals surface area contributed by atoms with Crippen LogP contribution in [0.25, 0.3) is 0 Å². The van der Waals surface area contributed by atoms with Gasteiger partial charge in [-0.25, -0.2) is 25.9 Å². The van der Waals surface area contributed by atoms with Crippen molar-refractivity contribution in [3.63, 3.8) is 0 Å². The molecule has 1 N–H and O–H groups in total. The molecule has 2 aromatic rings. The van der Waals surface area contributed by atoms with Crippen molar-refractivity contribution in [2.45, 2.75) is 37.5 Å². The molecule has 1 amide bonds. The third kappa shape index (κ3) is 6.02. The topological polar surface area (TPSA) is 130 Å². The Morgan fingerprint density at radius 3 is 2.26 bits per heavy atom. The first-order chi connectivity index (χ1) is 16.4. The molecule has 0 radical (unpaired) electrons. The Bertz CT molecular complexity index is 1310. The van der Waals surface area contributed by atoms with E-state index in [2.05, 4.69) is 5.32 Å². The van der Waals surface area contributed by atoms with Gasteiger partial charge >= 0.3 is 5.97 Å². The minimum Gasteiger partial charge on any atom is -0.462 e.